The van der Waals surface area contributed by atoms with Gasteiger partial charge in [-0.3, -0.25) is 24.8 Å². The summed E-state index contributed by atoms with van der Waals surface area (Å²) in [5.74, 6) is 0.571. The average molecular weight is 588 g/mol. The van der Waals surface area contributed by atoms with Crippen molar-refractivity contribution < 1.29 is 19.0 Å². The number of benzene rings is 3. The van der Waals surface area contributed by atoms with Gasteiger partial charge in [-0.25, -0.2) is 4.39 Å². The van der Waals surface area contributed by atoms with Crippen LogP contribution in [-0.2, 0) is 6.61 Å². The van der Waals surface area contributed by atoms with Crippen LogP contribution in [0.2, 0.25) is 0 Å². The number of nitro groups is 2. The Labute approximate surface area is 222 Å². The van der Waals surface area contributed by atoms with Gasteiger partial charge in [0.05, 0.1) is 4.92 Å². The van der Waals surface area contributed by atoms with Crippen LogP contribution in [0.25, 0.3) is 5.69 Å². The molecule has 4 aromatic rings. The maximum atomic E-state index is 13.5. The van der Waals surface area contributed by atoms with Gasteiger partial charge in [-0.15, -0.1) is 10.2 Å². The lowest BCUT2D eigenvalue weighted by Gasteiger charge is -2.18. The monoisotopic (exact) mass is 587 g/mol. The molecule has 0 spiro atoms. The summed E-state index contributed by atoms with van der Waals surface area (Å²) in [5.41, 5.74) is 1.85. The summed E-state index contributed by atoms with van der Waals surface area (Å²) >= 11 is 4.57. The van der Waals surface area contributed by atoms with Crippen LogP contribution in [0.15, 0.2) is 76.4 Å². The van der Waals surface area contributed by atoms with Crippen molar-refractivity contribution in [1.82, 2.24) is 14.8 Å². The maximum absolute atomic E-state index is 13.5. The van der Waals surface area contributed by atoms with Crippen LogP contribution in [0.1, 0.15) is 22.2 Å². The molecule has 3 aromatic carbocycles. The van der Waals surface area contributed by atoms with Crippen LogP contribution in [0.5, 0.6) is 5.75 Å². The molecule has 1 aromatic heterocycles. The summed E-state index contributed by atoms with van der Waals surface area (Å²) in [5, 5.41) is 30.5. The molecule has 0 amide bonds. The summed E-state index contributed by atoms with van der Waals surface area (Å²) in [4.78, 5) is 21.6. The lowest BCUT2D eigenvalue weighted by atomic mass is 10.1. The molecule has 0 saturated heterocycles. The van der Waals surface area contributed by atoms with Gasteiger partial charge in [0.1, 0.15) is 29.2 Å². The molecule has 190 valence electrons. The Morgan fingerprint density at radius 3 is 2.41 bits per heavy atom. The highest BCUT2D eigenvalue weighted by molar-refractivity contribution is 9.10. The van der Waals surface area contributed by atoms with Gasteiger partial charge >= 0.3 is 0 Å². The number of aromatic nitrogens is 3. The molecule has 0 aliphatic rings. The molecule has 0 fully saturated rings. The van der Waals surface area contributed by atoms with Crippen molar-refractivity contribution in [1.29, 1.82) is 0 Å². The maximum Gasteiger partial charge on any atom is 0.269 e. The number of aryl methyl sites for hydroxylation is 1. The van der Waals surface area contributed by atoms with Crippen molar-refractivity contribution >= 4 is 33.4 Å². The van der Waals surface area contributed by atoms with Crippen LogP contribution in [0.4, 0.5) is 10.1 Å². The fourth-order valence-corrected chi connectivity index (χ4v) is 5.12. The van der Waals surface area contributed by atoms with E-state index in [1.165, 1.54) is 24.3 Å². The van der Waals surface area contributed by atoms with Gasteiger partial charge in [-0.2, -0.15) is 0 Å². The summed E-state index contributed by atoms with van der Waals surface area (Å²) < 4.78 is 21.9. The lowest BCUT2D eigenvalue weighted by Crippen LogP contribution is -2.12. The quantitative estimate of drug-likeness (QED) is 0.124. The van der Waals surface area contributed by atoms with Crippen LogP contribution >= 0.6 is 27.7 Å². The minimum atomic E-state index is -0.706. The van der Waals surface area contributed by atoms with Gasteiger partial charge in [0.2, 0.25) is 6.54 Å². The molecule has 0 aliphatic heterocycles. The number of nitrogens with zero attached hydrogens (tertiary/aromatic N) is 5. The van der Waals surface area contributed by atoms with Crippen molar-refractivity contribution in [2.45, 2.75) is 23.9 Å². The van der Waals surface area contributed by atoms with E-state index in [4.69, 9.17) is 4.74 Å². The third-order valence-electron chi connectivity index (χ3n) is 5.30. The summed E-state index contributed by atoms with van der Waals surface area (Å²) in [6.45, 7) is 1.42. The normalized spacial score (nSPS) is 11.8. The van der Waals surface area contributed by atoms with E-state index in [-0.39, 0.29) is 18.1 Å². The van der Waals surface area contributed by atoms with Crippen molar-refractivity contribution in [3.8, 4) is 11.4 Å². The standard InChI is InChI=1S/C24H19BrFN5O5S/c1-15-27-28-24(30(15)19-9-5-18(26)6-10-19)37-23(13-29(32)33)21-12-17(25)4-11-22(21)36-14-16-2-7-20(8-3-16)31(34)35/h2-12,23H,13-14H2,1H3/t23-/m1/s1. The Hall–Kier alpha value is -3.84. The molecule has 0 unspecified atom stereocenters. The first kappa shape index (κ1) is 26.2. The first-order valence-corrected chi connectivity index (χ1v) is 12.5. The molecule has 37 heavy (non-hydrogen) atoms. The second-order valence-electron chi connectivity index (χ2n) is 7.86. The Morgan fingerprint density at radius 2 is 1.76 bits per heavy atom. The molecule has 1 heterocycles. The molecule has 0 saturated carbocycles. The first-order valence-electron chi connectivity index (χ1n) is 10.8. The lowest BCUT2D eigenvalue weighted by molar-refractivity contribution is -0.479. The molecule has 10 nitrogen and oxygen atoms in total. The molecule has 0 bridgehead atoms. The topological polar surface area (TPSA) is 126 Å². The smallest absolute Gasteiger partial charge is 0.269 e. The molecule has 0 N–H and O–H groups in total. The molecule has 0 aliphatic carbocycles. The van der Waals surface area contributed by atoms with Crippen molar-refractivity contribution in [3.05, 3.63) is 114 Å². The Kier molecular flexibility index (Phi) is 8.14. The molecular weight excluding hydrogens is 569 g/mol. The minimum Gasteiger partial charge on any atom is -0.489 e. The van der Waals surface area contributed by atoms with E-state index >= 15 is 0 Å². The van der Waals surface area contributed by atoms with E-state index in [1.807, 2.05) is 0 Å². The summed E-state index contributed by atoms with van der Waals surface area (Å²) in [6, 6.07) is 17.0. The summed E-state index contributed by atoms with van der Waals surface area (Å²) in [7, 11) is 0. The number of nitro benzene ring substituents is 1. The number of rotatable bonds is 10. The number of halogens is 2. The van der Waals surface area contributed by atoms with Crippen LogP contribution in [0.3, 0.4) is 0 Å². The van der Waals surface area contributed by atoms with Gasteiger partial charge < -0.3 is 4.74 Å². The Balaban J connectivity index is 1.64. The molecule has 1 atom stereocenters. The SMILES string of the molecule is Cc1nnc(S[C@H](C[N+](=O)[O-])c2cc(Br)ccc2OCc2ccc([N+](=O)[O-])cc2)n1-c1ccc(F)cc1. The highest BCUT2D eigenvalue weighted by Crippen LogP contribution is 2.41. The van der Waals surface area contributed by atoms with Crippen LogP contribution in [0, 0.1) is 33.0 Å². The highest BCUT2D eigenvalue weighted by atomic mass is 79.9. The second kappa shape index (κ2) is 11.5. The van der Waals surface area contributed by atoms with E-state index < -0.39 is 21.6 Å². The highest BCUT2D eigenvalue weighted by Gasteiger charge is 2.27. The molecule has 4 rings (SSSR count). The number of hydrogen-bond acceptors (Lipinski definition) is 8. The second-order valence-corrected chi connectivity index (χ2v) is 9.94. The number of ether oxygens (including phenoxy) is 1. The first-order chi connectivity index (χ1) is 17.7. The van der Waals surface area contributed by atoms with E-state index in [0.29, 0.717) is 38.0 Å². The van der Waals surface area contributed by atoms with Crippen molar-refractivity contribution in [3.63, 3.8) is 0 Å². The Bertz CT molecular complexity index is 1430. The number of thioether (sulfide) groups is 1. The van der Waals surface area contributed by atoms with E-state index in [9.17, 15) is 24.6 Å². The predicted octanol–water partition coefficient (Wildman–Crippen LogP) is 6.07. The van der Waals surface area contributed by atoms with Gasteiger partial charge in [-0.1, -0.05) is 27.7 Å². The van der Waals surface area contributed by atoms with E-state index in [0.717, 1.165) is 11.8 Å². The third kappa shape index (κ3) is 6.49. The third-order valence-corrected chi connectivity index (χ3v) is 6.96. The summed E-state index contributed by atoms with van der Waals surface area (Å²) in [6.07, 6.45) is 0. The van der Waals surface area contributed by atoms with Gasteiger partial charge in [0.15, 0.2) is 5.16 Å². The van der Waals surface area contributed by atoms with E-state index in [1.54, 1.807) is 54.0 Å². The van der Waals surface area contributed by atoms with Gasteiger partial charge in [0.25, 0.3) is 5.69 Å². The average Bonchev–Trinajstić information content (AvgIpc) is 3.23. The zero-order valence-corrected chi connectivity index (χ0v) is 21.7. The van der Waals surface area contributed by atoms with Gasteiger partial charge in [-0.05, 0) is 67.1 Å². The molecule has 13 heteroatoms. The Morgan fingerprint density at radius 1 is 1.05 bits per heavy atom. The van der Waals surface area contributed by atoms with Crippen molar-refractivity contribution in [2.24, 2.45) is 0 Å². The zero-order chi connectivity index (χ0) is 26.5. The number of non-ortho nitro benzene ring substituents is 1. The predicted molar refractivity (Wildman–Crippen MR) is 138 cm³/mol. The van der Waals surface area contributed by atoms with Gasteiger partial charge in [0, 0.05) is 32.8 Å². The van der Waals surface area contributed by atoms with Crippen molar-refractivity contribution in [2.75, 3.05) is 6.54 Å². The van der Waals surface area contributed by atoms with E-state index in [2.05, 4.69) is 26.1 Å². The van der Waals surface area contributed by atoms with Crippen LogP contribution < -0.4 is 4.74 Å². The number of hydrogen-bond donors (Lipinski definition) is 0. The molecule has 0 radical (unpaired) electrons. The van der Waals surface area contributed by atoms with Crippen LogP contribution in [-0.4, -0.2) is 31.2 Å². The zero-order valence-electron chi connectivity index (χ0n) is 19.3. The largest absolute Gasteiger partial charge is 0.489 e. The molecular formula is C24H19BrFN5O5S. The fourth-order valence-electron chi connectivity index (χ4n) is 3.55. The minimum absolute atomic E-state index is 0.0314. The fraction of sp³-hybridized carbons (Fsp3) is 0.167.